The van der Waals surface area contributed by atoms with Gasteiger partial charge >= 0.3 is 0 Å². The zero-order valence-corrected chi connectivity index (χ0v) is 17.1. The maximum atomic E-state index is 12.9. The highest BCUT2D eigenvalue weighted by atomic mass is 32.2. The lowest BCUT2D eigenvalue weighted by Crippen LogP contribution is -2.40. The molecule has 1 aliphatic rings. The van der Waals surface area contributed by atoms with Crippen molar-refractivity contribution in [2.75, 3.05) is 50.1 Å². The van der Waals surface area contributed by atoms with E-state index in [9.17, 15) is 13.2 Å². The molecular weight excluding hydrogens is 394 g/mol. The topological polar surface area (TPSA) is 97.0 Å². The Morgan fingerprint density at radius 3 is 2.55 bits per heavy atom. The van der Waals surface area contributed by atoms with Crippen LogP contribution in [0.15, 0.2) is 53.4 Å². The van der Waals surface area contributed by atoms with Gasteiger partial charge in [-0.2, -0.15) is 4.31 Å². The van der Waals surface area contributed by atoms with E-state index in [0.29, 0.717) is 50.0 Å². The van der Waals surface area contributed by atoms with Crippen LogP contribution in [0.2, 0.25) is 0 Å². The van der Waals surface area contributed by atoms with Crippen molar-refractivity contribution in [2.45, 2.75) is 11.8 Å². The van der Waals surface area contributed by atoms with Gasteiger partial charge in [0.15, 0.2) is 0 Å². The number of benzene rings is 2. The first-order valence-corrected chi connectivity index (χ1v) is 10.9. The van der Waals surface area contributed by atoms with Crippen LogP contribution in [0.25, 0.3) is 0 Å². The van der Waals surface area contributed by atoms with Crippen molar-refractivity contribution < 1.29 is 22.7 Å². The van der Waals surface area contributed by atoms with Crippen LogP contribution in [0.3, 0.4) is 0 Å². The second-order valence-electron chi connectivity index (χ2n) is 6.38. The Kier molecular flexibility index (Phi) is 7.08. The van der Waals surface area contributed by atoms with Gasteiger partial charge in [-0.25, -0.2) is 8.42 Å². The maximum absolute atomic E-state index is 12.9. The molecule has 0 unspecified atom stereocenters. The van der Waals surface area contributed by atoms with E-state index in [1.165, 1.54) is 16.4 Å². The van der Waals surface area contributed by atoms with Crippen LogP contribution in [-0.2, 0) is 19.6 Å². The lowest BCUT2D eigenvalue weighted by atomic mass is 10.3. The molecule has 2 aromatic carbocycles. The van der Waals surface area contributed by atoms with Crippen LogP contribution in [0, 0.1) is 0 Å². The molecule has 9 heteroatoms. The molecule has 1 aliphatic heterocycles. The Balaban J connectivity index is 1.75. The number of hydrogen-bond acceptors (Lipinski definition) is 6. The number of nitrogens with one attached hydrogen (secondary N) is 2. The molecule has 1 heterocycles. The third-order valence-electron chi connectivity index (χ3n) is 4.36. The molecule has 0 saturated carbocycles. The van der Waals surface area contributed by atoms with Crippen LogP contribution in [0.5, 0.6) is 5.75 Å². The summed E-state index contributed by atoms with van der Waals surface area (Å²) in [7, 11) is -3.65. The Morgan fingerprint density at radius 1 is 1.14 bits per heavy atom. The van der Waals surface area contributed by atoms with Gasteiger partial charge in [-0.3, -0.25) is 4.79 Å². The lowest BCUT2D eigenvalue weighted by molar-refractivity contribution is -0.114. The van der Waals surface area contributed by atoms with E-state index in [2.05, 4.69) is 10.6 Å². The number of morpholine rings is 1. The Bertz CT molecular complexity index is 928. The van der Waals surface area contributed by atoms with E-state index in [1.54, 1.807) is 18.2 Å². The molecule has 0 aromatic heterocycles. The number of rotatable bonds is 8. The highest BCUT2D eigenvalue weighted by Gasteiger charge is 2.27. The van der Waals surface area contributed by atoms with Crippen LogP contribution in [0.1, 0.15) is 6.92 Å². The monoisotopic (exact) mass is 419 g/mol. The van der Waals surface area contributed by atoms with E-state index < -0.39 is 10.0 Å². The molecule has 2 N–H and O–H groups in total. The number of nitrogens with zero attached hydrogens (tertiary/aromatic N) is 1. The van der Waals surface area contributed by atoms with Gasteiger partial charge in [-0.05, 0) is 37.3 Å². The van der Waals surface area contributed by atoms with Crippen LogP contribution >= 0.6 is 0 Å². The van der Waals surface area contributed by atoms with E-state index in [4.69, 9.17) is 9.47 Å². The fourth-order valence-corrected chi connectivity index (χ4v) is 4.36. The van der Waals surface area contributed by atoms with Crippen molar-refractivity contribution in [3.05, 3.63) is 48.5 Å². The molecule has 1 fully saturated rings. The Labute approximate surface area is 170 Å². The molecule has 0 radical (unpaired) electrons. The summed E-state index contributed by atoms with van der Waals surface area (Å²) in [6.45, 7) is 3.61. The van der Waals surface area contributed by atoms with Gasteiger partial charge in [0.25, 0.3) is 0 Å². The number of amides is 1. The Hall–Kier alpha value is -2.62. The summed E-state index contributed by atoms with van der Waals surface area (Å²) in [5, 5.41) is 5.77. The first-order chi connectivity index (χ1) is 14.0. The van der Waals surface area contributed by atoms with Crippen molar-refractivity contribution in [2.24, 2.45) is 0 Å². The minimum absolute atomic E-state index is 0.0317. The summed E-state index contributed by atoms with van der Waals surface area (Å²) in [5.41, 5.74) is 1.14. The molecule has 156 valence electrons. The molecule has 8 nitrogen and oxygen atoms in total. The van der Waals surface area contributed by atoms with E-state index >= 15 is 0 Å². The minimum Gasteiger partial charge on any atom is -0.492 e. The molecule has 0 aliphatic carbocycles. The number of sulfonamides is 1. The van der Waals surface area contributed by atoms with Crippen LogP contribution < -0.4 is 15.4 Å². The highest BCUT2D eigenvalue weighted by molar-refractivity contribution is 7.89. The number of carbonyl (C=O) groups is 1. The van der Waals surface area contributed by atoms with Gasteiger partial charge < -0.3 is 20.1 Å². The second kappa shape index (κ2) is 9.73. The van der Waals surface area contributed by atoms with Crippen molar-refractivity contribution in [3.8, 4) is 5.75 Å². The summed E-state index contributed by atoms with van der Waals surface area (Å²) in [6.07, 6.45) is 0. The molecule has 0 spiro atoms. The molecule has 0 bridgehead atoms. The van der Waals surface area contributed by atoms with Gasteiger partial charge in [-0.15, -0.1) is 0 Å². The van der Waals surface area contributed by atoms with Crippen molar-refractivity contribution in [1.82, 2.24) is 4.31 Å². The SMILES string of the molecule is CCOc1ccc(S(=O)(=O)N2CCOCC2)cc1NCC(=O)Nc1ccccc1. The number of carbonyl (C=O) groups excluding carboxylic acids is 1. The predicted molar refractivity (Wildman–Crippen MR) is 111 cm³/mol. The number of para-hydroxylation sites is 1. The third kappa shape index (κ3) is 5.47. The number of anilines is 2. The van der Waals surface area contributed by atoms with Gasteiger partial charge in [0.2, 0.25) is 15.9 Å². The molecule has 3 rings (SSSR count). The van der Waals surface area contributed by atoms with Crippen molar-refractivity contribution in [3.63, 3.8) is 0 Å². The largest absolute Gasteiger partial charge is 0.492 e. The van der Waals surface area contributed by atoms with E-state index in [1.807, 2.05) is 25.1 Å². The minimum atomic E-state index is -3.65. The maximum Gasteiger partial charge on any atom is 0.243 e. The summed E-state index contributed by atoms with van der Waals surface area (Å²) < 4.78 is 38.0. The average Bonchev–Trinajstić information content (AvgIpc) is 2.74. The first-order valence-electron chi connectivity index (χ1n) is 9.44. The molecule has 29 heavy (non-hydrogen) atoms. The first kappa shape index (κ1) is 21.1. The van der Waals surface area contributed by atoms with Gasteiger partial charge in [0.1, 0.15) is 5.75 Å². The number of ether oxygens (including phenoxy) is 2. The average molecular weight is 420 g/mol. The Morgan fingerprint density at radius 2 is 1.86 bits per heavy atom. The molecular formula is C20H25N3O5S. The normalized spacial score (nSPS) is 14.9. The van der Waals surface area contributed by atoms with Gasteiger partial charge in [0, 0.05) is 18.8 Å². The van der Waals surface area contributed by atoms with E-state index in [-0.39, 0.29) is 17.3 Å². The lowest BCUT2D eigenvalue weighted by Gasteiger charge is -2.26. The van der Waals surface area contributed by atoms with Crippen molar-refractivity contribution in [1.29, 1.82) is 0 Å². The highest BCUT2D eigenvalue weighted by Crippen LogP contribution is 2.29. The zero-order valence-electron chi connectivity index (χ0n) is 16.3. The fraction of sp³-hybridized carbons (Fsp3) is 0.350. The van der Waals surface area contributed by atoms with Gasteiger partial charge in [0.05, 0.1) is 36.9 Å². The predicted octanol–water partition coefficient (Wildman–Crippen LogP) is 2.16. The standard InChI is InChI=1S/C20H25N3O5S/c1-2-28-19-9-8-17(29(25,26)23-10-12-27-13-11-23)14-18(19)21-15-20(24)22-16-6-4-3-5-7-16/h3-9,14,21H,2,10-13,15H2,1H3,(H,22,24). The fourth-order valence-electron chi connectivity index (χ4n) is 2.93. The van der Waals surface area contributed by atoms with Crippen LogP contribution in [-0.4, -0.2) is 58.1 Å². The van der Waals surface area contributed by atoms with Crippen LogP contribution in [0.4, 0.5) is 11.4 Å². The molecule has 0 atom stereocenters. The quantitative estimate of drug-likeness (QED) is 0.681. The molecule has 1 saturated heterocycles. The zero-order chi connectivity index (χ0) is 20.7. The molecule has 1 amide bonds. The summed E-state index contributed by atoms with van der Waals surface area (Å²) in [5.74, 6) is 0.237. The van der Waals surface area contributed by atoms with Crippen molar-refractivity contribution >= 4 is 27.3 Å². The second-order valence-corrected chi connectivity index (χ2v) is 8.31. The summed E-state index contributed by atoms with van der Waals surface area (Å²) >= 11 is 0. The van der Waals surface area contributed by atoms with E-state index in [0.717, 1.165) is 0 Å². The number of hydrogen-bond donors (Lipinski definition) is 2. The summed E-state index contributed by atoms with van der Waals surface area (Å²) in [6, 6.07) is 13.7. The summed E-state index contributed by atoms with van der Waals surface area (Å²) in [4.78, 5) is 12.4. The molecule has 2 aromatic rings. The smallest absolute Gasteiger partial charge is 0.243 e. The third-order valence-corrected chi connectivity index (χ3v) is 6.25. The van der Waals surface area contributed by atoms with Gasteiger partial charge in [-0.1, -0.05) is 18.2 Å².